The predicted octanol–water partition coefficient (Wildman–Crippen LogP) is 0.835. The highest BCUT2D eigenvalue weighted by molar-refractivity contribution is 5.48. The van der Waals surface area contributed by atoms with Gasteiger partial charge in [-0.25, -0.2) is 9.97 Å². The zero-order valence-corrected chi connectivity index (χ0v) is 9.63. The van der Waals surface area contributed by atoms with Gasteiger partial charge in [-0.2, -0.15) is 0 Å². The molecule has 0 aromatic carbocycles. The predicted molar refractivity (Wildman–Crippen MR) is 60.6 cm³/mol. The van der Waals surface area contributed by atoms with Crippen LogP contribution in [-0.4, -0.2) is 40.4 Å². The molecular formula is C11H17N3O2. The number of aromatic nitrogens is 2. The summed E-state index contributed by atoms with van der Waals surface area (Å²) in [6, 6.07) is 0. The second kappa shape index (κ2) is 4.65. The third kappa shape index (κ3) is 2.41. The van der Waals surface area contributed by atoms with Gasteiger partial charge in [-0.15, -0.1) is 0 Å². The number of aliphatic hydroxyl groups excluding tert-OH is 1. The van der Waals surface area contributed by atoms with Gasteiger partial charge >= 0.3 is 0 Å². The van der Waals surface area contributed by atoms with Gasteiger partial charge in [-0.1, -0.05) is 0 Å². The Morgan fingerprint density at radius 1 is 1.44 bits per heavy atom. The van der Waals surface area contributed by atoms with Crippen molar-refractivity contribution >= 4 is 5.82 Å². The third-order valence-electron chi connectivity index (χ3n) is 2.46. The van der Waals surface area contributed by atoms with E-state index in [0.29, 0.717) is 12.4 Å². The van der Waals surface area contributed by atoms with Gasteiger partial charge in [0, 0.05) is 25.5 Å². The van der Waals surface area contributed by atoms with E-state index >= 15 is 0 Å². The SMILES string of the molecule is CC(C)Oc1nccnc1N1CC[C@H](O)C1. The lowest BCUT2D eigenvalue weighted by Crippen LogP contribution is -2.24. The van der Waals surface area contributed by atoms with Crippen molar-refractivity contribution in [3.8, 4) is 5.88 Å². The topological polar surface area (TPSA) is 58.5 Å². The van der Waals surface area contributed by atoms with Crippen LogP contribution < -0.4 is 9.64 Å². The molecular weight excluding hydrogens is 206 g/mol. The van der Waals surface area contributed by atoms with Crippen molar-refractivity contribution in [3.05, 3.63) is 12.4 Å². The van der Waals surface area contributed by atoms with E-state index < -0.39 is 0 Å². The zero-order chi connectivity index (χ0) is 11.5. The highest BCUT2D eigenvalue weighted by Gasteiger charge is 2.24. The van der Waals surface area contributed by atoms with Crippen molar-refractivity contribution < 1.29 is 9.84 Å². The molecule has 5 heteroatoms. The van der Waals surface area contributed by atoms with Crippen molar-refractivity contribution in [1.82, 2.24) is 9.97 Å². The van der Waals surface area contributed by atoms with E-state index in [1.807, 2.05) is 18.7 Å². The van der Waals surface area contributed by atoms with E-state index in [4.69, 9.17) is 4.74 Å². The second-order valence-electron chi connectivity index (χ2n) is 4.24. The summed E-state index contributed by atoms with van der Waals surface area (Å²) in [5.74, 6) is 1.28. The smallest absolute Gasteiger partial charge is 0.257 e. The van der Waals surface area contributed by atoms with Crippen LogP contribution >= 0.6 is 0 Å². The Bertz CT molecular complexity index is 357. The van der Waals surface area contributed by atoms with Gasteiger partial charge in [-0.05, 0) is 20.3 Å². The summed E-state index contributed by atoms with van der Waals surface area (Å²) in [6.45, 7) is 5.32. The Kier molecular flexibility index (Phi) is 3.24. The number of hydrogen-bond donors (Lipinski definition) is 1. The molecule has 0 unspecified atom stereocenters. The number of nitrogens with zero attached hydrogens (tertiary/aromatic N) is 3. The standard InChI is InChI=1S/C11H17N3O2/c1-8(2)16-11-10(12-4-5-13-11)14-6-3-9(15)7-14/h4-5,8-9,15H,3,6-7H2,1-2H3/t9-/m0/s1. The molecule has 2 rings (SSSR count). The highest BCUT2D eigenvalue weighted by atomic mass is 16.5. The van der Waals surface area contributed by atoms with Crippen LogP contribution in [0, 0.1) is 0 Å². The molecule has 0 spiro atoms. The molecule has 1 atom stereocenters. The molecule has 1 fully saturated rings. The molecule has 1 saturated heterocycles. The maximum Gasteiger partial charge on any atom is 0.257 e. The van der Waals surface area contributed by atoms with Gasteiger partial charge in [0.1, 0.15) is 0 Å². The van der Waals surface area contributed by atoms with Gasteiger partial charge in [0.25, 0.3) is 5.88 Å². The van der Waals surface area contributed by atoms with E-state index in [2.05, 4.69) is 9.97 Å². The third-order valence-corrected chi connectivity index (χ3v) is 2.46. The van der Waals surface area contributed by atoms with Gasteiger partial charge in [0.05, 0.1) is 12.2 Å². The average molecular weight is 223 g/mol. The van der Waals surface area contributed by atoms with Crippen LogP contribution in [0.25, 0.3) is 0 Å². The molecule has 5 nitrogen and oxygen atoms in total. The first kappa shape index (κ1) is 11.1. The number of β-amino-alcohol motifs (C(OH)–C–C–N with tert-alkyl or cyclic N) is 1. The maximum absolute atomic E-state index is 9.50. The Labute approximate surface area is 95.1 Å². The van der Waals surface area contributed by atoms with Crippen molar-refractivity contribution in [2.45, 2.75) is 32.5 Å². The summed E-state index contributed by atoms with van der Waals surface area (Å²) < 4.78 is 5.60. The first-order valence-corrected chi connectivity index (χ1v) is 5.57. The van der Waals surface area contributed by atoms with Gasteiger partial charge in [0.15, 0.2) is 5.82 Å². The summed E-state index contributed by atoms with van der Waals surface area (Å²) in [7, 11) is 0. The van der Waals surface area contributed by atoms with E-state index in [9.17, 15) is 5.11 Å². The average Bonchev–Trinajstić information content (AvgIpc) is 2.65. The fourth-order valence-corrected chi connectivity index (χ4v) is 1.78. The molecule has 88 valence electrons. The zero-order valence-electron chi connectivity index (χ0n) is 9.63. The second-order valence-corrected chi connectivity index (χ2v) is 4.24. The summed E-state index contributed by atoms with van der Waals surface area (Å²) >= 11 is 0. The van der Waals surface area contributed by atoms with Crippen molar-refractivity contribution in [1.29, 1.82) is 0 Å². The van der Waals surface area contributed by atoms with E-state index in [-0.39, 0.29) is 12.2 Å². The fraction of sp³-hybridized carbons (Fsp3) is 0.636. The highest BCUT2D eigenvalue weighted by Crippen LogP contribution is 2.26. The normalized spacial score (nSPS) is 20.5. The molecule has 0 aliphatic carbocycles. The van der Waals surface area contributed by atoms with Crippen LogP contribution in [0.1, 0.15) is 20.3 Å². The molecule has 16 heavy (non-hydrogen) atoms. The molecule has 1 N–H and O–H groups in total. The van der Waals surface area contributed by atoms with Gasteiger partial charge in [0.2, 0.25) is 0 Å². The van der Waals surface area contributed by atoms with Crippen LogP contribution in [0.3, 0.4) is 0 Å². The molecule has 1 aliphatic rings. The van der Waals surface area contributed by atoms with E-state index in [0.717, 1.165) is 18.8 Å². The minimum atomic E-state index is -0.270. The van der Waals surface area contributed by atoms with Crippen molar-refractivity contribution in [3.63, 3.8) is 0 Å². The van der Waals surface area contributed by atoms with Crippen molar-refractivity contribution in [2.75, 3.05) is 18.0 Å². The summed E-state index contributed by atoms with van der Waals surface area (Å²) in [5.41, 5.74) is 0. The lowest BCUT2D eigenvalue weighted by Gasteiger charge is -2.19. The van der Waals surface area contributed by atoms with E-state index in [1.54, 1.807) is 12.4 Å². The summed E-state index contributed by atoms with van der Waals surface area (Å²) in [6.07, 6.45) is 3.84. The van der Waals surface area contributed by atoms with Crippen LogP contribution in [0.15, 0.2) is 12.4 Å². The molecule has 0 bridgehead atoms. The molecule has 0 amide bonds. The molecule has 1 aromatic heterocycles. The molecule has 1 aliphatic heterocycles. The van der Waals surface area contributed by atoms with Gasteiger partial charge < -0.3 is 14.7 Å². The minimum Gasteiger partial charge on any atom is -0.472 e. The monoisotopic (exact) mass is 223 g/mol. The number of aliphatic hydroxyl groups is 1. The summed E-state index contributed by atoms with van der Waals surface area (Å²) in [5, 5.41) is 9.50. The number of hydrogen-bond acceptors (Lipinski definition) is 5. The Morgan fingerprint density at radius 2 is 2.19 bits per heavy atom. The largest absolute Gasteiger partial charge is 0.472 e. The number of ether oxygens (including phenoxy) is 1. The fourth-order valence-electron chi connectivity index (χ4n) is 1.78. The molecule has 1 aromatic rings. The molecule has 0 radical (unpaired) electrons. The van der Waals surface area contributed by atoms with Crippen LogP contribution in [0.2, 0.25) is 0 Å². The Balaban J connectivity index is 2.19. The number of anilines is 1. The summed E-state index contributed by atoms with van der Waals surface area (Å²) in [4.78, 5) is 10.5. The lowest BCUT2D eigenvalue weighted by atomic mass is 10.3. The maximum atomic E-state index is 9.50. The molecule has 2 heterocycles. The quantitative estimate of drug-likeness (QED) is 0.822. The first-order chi connectivity index (χ1) is 7.66. The van der Waals surface area contributed by atoms with Crippen LogP contribution in [-0.2, 0) is 0 Å². The van der Waals surface area contributed by atoms with E-state index in [1.165, 1.54) is 0 Å². The van der Waals surface area contributed by atoms with Gasteiger partial charge in [-0.3, -0.25) is 0 Å². The number of rotatable bonds is 3. The Hall–Kier alpha value is -1.36. The Morgan fingerprint density at radius 3 is 2.81 bits per heavy atom. The lowest BCUT2D eigenvalue weighted by molar-refractivity contribution is 0.198. The first-order valence-electron chi connectivity index (χ1n) is 5.57. The van der Waals surface area contributed by atoms with Crippen LogP contribution in [0.5, 0.6) is 5.88 Å². The molecule has 0 saturated carbocycles. The van der Waals surface area contributed by atoms with Crippen LogP contribution in [0.4, 0.5) is 5.82 Å². The van der Waals surface area contributed by atoms with Crippen molar-refractivity contribution in [2.24, 2.45) is 0 Å². The minimum absolute atomic E-state index is 0.0722.